The molecule has 78 valence electrons. The van der Waals surface area contributed by atoms with Crippen molar-refractivity contribution < 1.29 is 8.78 Å². The van der Waals surface area contributed by atoms with E-state index in [9.17, 15) is 8.78 Å². The fraction of sp³-hybridized carbons (Fsp3) is 0.500. The van der Waals surface area contributed by atoms with E-state index >= 15 is 0 Å². The van der Waals surface area contributed by atoms with Crippen molar-refractivity contribution in [3.8, 4) is 0 Å². The van der Waals surface area contributed by atoms with E-state index in [0.717, 1.165) is 30.9 Å². The summed E-state index contributed by atoms with van der Waals surface area (Å²) in [5, 5.41) is 0. The maximum atomic E-state index is 13.0. The minimum atomic E-state index is -2.73. The Kier molecular flexibility index (Phi) is 3.25. The molecule has 0 saturated carbocycles. The topological polar surface area (TPSA) is 0 Å². The Labute approximate surface area is 84.0 Å². The molecule has 0 nitrogen and oxygen atoms in total. The third-order valence-electron chi connectivity index (χ3n) is 2.38. The first-order valence-electron chi connectivity index (χ1n) is 4.93. The molecule has 0 bridgehead atoms. The van der Waals surface area contributed by atoms with Crippen LogP contribution in [-0.2, 0) is 12.3 Å². The number of aryl methyl sites for hydroxylation is 2. The van der Waals surface area contributed by atoms with Crippen molar-refractivity contribution in [1.29, 1.82) is 0 Å². The predicted octanol–water partition coefficient (Wildman–Crippen LogP) is 4.06. The largest absolute Gasteiger partial charge is 0.270 e. The number of benzene rings is 1. The van der Waals surface area contributed by atoms with E-state index < -0.39 is 5.92 Å². The molecule has 0 N–H and O–H groups in total. The van der Waals surface area contributed by atoms with Crippen LogP contribution in [0.25, 0.3) is 0 Å². The van der Waals surface area contributed by atoms with Gasteiger partial charge in [-0.2, -0.15) is 0 Å². The minimum absolute atomic E-state index is 0.117. The Balaban J connectivity index is 3.06. The monoisotopic (exact) mass is 198 g/mol. The molecule has 0 radical (unpaired) electrons. The molecule has 0 fully saturated rings. The van der Waals surface area contributed by atoms with Crippen molar-refractivity contribution in [2.45, 2.75) is 39.5 Å². The van der Waals surface area contributed by atoms with Crippen LogP contribution in [0, 0.1) is 6.92 Å². The highest BCUT2D eigenvalue weighted by molar-refractivity contribution is 5.33. The SMILES string of the molecule is CCCc1cc(C(C)(F)F)ccc1C. The summed E-state index contributed by atoms with van der Waals surface area (Å²) in [7, 11) is 0. The maximum Gasteiger partial charge on any atom is 0.270 e. The zero-order valence-electron chi connectivity index (χ0n) is 8.90. The lowest BCUT2D eigenvalue weighted by atomic mass is 9.99. The van der Waals surface area contributed by atoms with E-state index in [0.29, 0.717) is 0 Å². The van der Waals surface area contributed by atoms with Crippen LogP contribution in [0.1, 0.15) is 37.0 Å². The second kappa shape index (κ2) is 4.07. The van der Waals surface area contributed by atoms with Crippen LogP contribution in [-0.4, -0.2) is 0 Å². The molecule has 0 spiro atoms. The quantitative estimate of drug-likeness (QED) is 0.687. The van der Waals surface area contributed by atoms with Crippen molar-refractivity contribution in [3.05, 3.63) is 34.9 Å². The average molecular weight is 198 g/mol. The van der Waals surface area contributed by atoms with Crippen molar-refractivity contribution in [2.75, 3.05) is 0 Å². The van der Waals surface area contributed by atoms with E-state index in [1.807, 2.05) is 6.92 Å². The molecule has 0 saturated heterocycles. The molecule has 1 aromatic carbocycles. The van der Waals surface area contributed by atoms with Gasteiger partial charge in [-0.25, -0.2) is 8.78 Å². The average Bonchev–Trinajstić information content (AvgIpc) is 2.07. The van der Waals surface area contributed by atoms with Crippen LogP contribution >= 0.6 is 0 Å². The fourth-order valence-corrected chi connectivity index (χ4v) is 1.48. The van der Waals surface area contributed by atoms with Gasteiger partial charge in [0.25, 0.3) is 5.92 Å². The summed E-state index contributed by atoms with van der Waals surface area (Å²) in [6.45, 7) is 4.95. The van der Waals surface area contributed by atoms with E-state index in [-0.39, 0.29) is 5.56 Å². The molecule has 0 aliphatic rings. The summed E-state index contributed by atoms with van der Waals surface area (Å²) >= 11 is 0. The fourth-order valence-electron chi connectivity index (χ4n) is 1.48. The van der Waals surface area contributed by atoms with Crippen LogP contribution in [0.15, 0.2) is 18.2 Å². The van der Waals surface area contributed by atoms with Crippen molar-refractivity contribution in [2.24, 2.45) is 0 Å². The minimum Gasteiger partial charge on any atom is -0.202 e. The summed E-state index contributed by atoms with van der Waals surface area (Å²) in [6, 6.07) is 4.91. The number of hydrogen-bond acceptors (Lipinski definition) is 0. The molecule has 14 heavy (non-hydrogen) atoms. The number of alkyl halides is 2. The molecule has 1 aromatic rings. The number of hydrogen-bond donors (Lipinski definition) is 0. The summed E-state index contributed by atoms with van der Waals surface area (Å²) in [4.78, 5) is 0. The van der Waals surface area contributed by atoms with Gasteiger partial charge in [0.05, 0.1) is 0 Å². The Morgan fingerprint density at radius 2 is 1.93 bits per heavy atom. The smallest absolute Gasteiger partial charge is 0.202 e. The van der Waals surface area contributed by atoms with Gasteiger partial charge in [0.2, 0.25) is 0 Å². The van der Waals surface area contributed by atoms with Crippen molar-refractivity contribution >= 4 is 0 Å². The first-order chi connectivity index (χ1) is 6.45. The zero-order chi connectivity index (χ0) is 10.8. The summed E-state index contributed by atoms with van der Waals surface area (Å²) in [6.07, 6.45) is 1.86. The first kappa shape index (κ1) is 11.2. The van der Waals surface area contributed by atoms with Gasteiger partial charge in [-0.05, 0) is 30.5 Å². The van der Waals surface area contributed by atoms with Crippen molar-refractivity contribution in [1.82, 2.24) is 0 Å². The normalized spacial score (nSPS) is 11.8. The molecule has 0 aliphatic carbocycles. The van der Waals surface area contributed by atoms with E-state index in [1.165, 1.54) is 6.07 Å². The summed E-state index contributed by atoms with van der Waals surface area (Å²) in [5.74, 6) is -2.73. The molecular formula is C12H16F2. The molecule has 2 heteroatoms. The van der Waals surface area contributed by atoms with Crippen LogP contribution in [0.5, 0.6) is 0 Å². The van der Waals surface area contributed by atoms with Gasteiger partial charge in [0.15, 0.2) is 0 Å². The molecule has 0 aromatic heterocycles. The molecule has 0 atom stereocenters. The van der Waals surface area contributed by atoms with Crippen molar-refractivity contribution in [3.63, 3.8) is 0 Å². The van der Waals surface area contributed by atoms with E-state index in [4.69, 9.17) is 0 Å². The highest BCUT2D eigenvalue weighted by Crippen LogP contribution is 2.28. The molecular weight excluding hydrogens is 182 g/mol. The predicted molar refractivity (Wildman–Crippen MR) is 54.7 cm³/mol. The third kappa shape index (κ3) is 2.53. The molecule has 0 heterocycles. The summed E-state index contributed by atoms with van der Waals surface area (Å²) < 4.78 is 26.0. The lowest BCUT2D eigenvalue weighted by Gasteiger charge is -2.13. The molecule has 0 aliphatic heterocycles. The number of halogens is 2. The first-order valence-corrected chi connectivity index (χ1v) is 4.93. The standard InChI is InChI=1S/C12H16F2/c1-4-5-10-8-11(12(3,13)14)7-6-9(10)2/h6-8H,4-5H2,1-3H3. The van der Waals surface area contributed by atoms with Gasteiger partial charge >= 0.3 is 0 Å². The van der Waals surface area contributed by atoms with Crippen LogP contribution in [0.4, 0.5) is 8.78 Å². The molecule has 0 amide bonds. The second-order valence-electron chi connectivity index (χ2n) is 3.78. The van der Waals surface area contributed by atoms with E-state index in [2.05, 4.69) is 6.92 Å². The Morgan fingerprint density at radius 3 is 2.43 bits per heavy atom. The zero-order valence-corrected chi connectivity index (χ0v) is 8.90. The highest BCUT2D eigenvalue weighted by atomic mass is 19.3. The van der Waals surface area contributed by atoms with Gasteiger partial charge in [-0.1, -0.05) is 25.5 Å². The Hall–Kier alpha value is -0.920. The maximum absolute atomic E-state index is 13.0. The lowest BCUT2D eigenvalue weighted by Crippen LogP contribution is -2.07. The highest BCUT2D eigenvalue weighted by Gasteiger charge is 2.24. The van der Waals surface area contributed by atoms with Gasteiger partial charge in [0.1, 0.15) is 0 Å². The Bertz CT molecular complexity index is 311. The summed E-state index contributed by atoms with van der Waals surface area (Å²) in [5.41, 5.74) is 2.25. The molecule has 0 unspecified atom stereocenters. The second-order valence-corrected chi connectivity index (χ2v) is 3.78. The van der Waals surface area contributed by atoms with Crippen LogP contribution in [0.2, 0.25) is 0 Å². The van der Waals surface area contributed by atoms with Gasteiger partial charge < -0.3 is 0 Å². The lowest BCUT2D eigenvalue weighted by molar-refractivity contribution is 0.0174. The van der Waals surface area contributed by atoms with Crippen LogP contribution < -0.4 is 0 Å². The Morgan fingerprint density at radius 1 is 1.29 bits per heavy atom. The third-order valence-corrected chi connectivity index (χ3v) is 2.38. The van der Waals surface area contributed by atoms with Gasteiger partial charge in [-0.15, -0.1) is 0 Å². The van der Waals surface area contributed by atoms with Gasteiger partial charge in [0, 0.05) is 12.5 Å². The van der Waals surface area contributed by atoms with Crippen LogP contribution in [0.3, 0.4) is 0 Å². The number of rotatable bonds is 3. The van der Waals surface area contributed by atoms with E-state index in [1.54, 1.807) is 12.1 Å². The molecule has 1 rings (SSSR count). The van der Waals surface area contributed by atoms with Gasteiger partial charge in [-0.3, -0.25) is 0 Å².